The zero-order valence-electron chi connectivity index (χ0n) is 19.2. The number of nitrogens with one attached hydrogen (secondary N) is 2. The average Bonchev–Trinajstić information content (AvgIpc) is 2.79. The van der Waals surface area contributed by atoms with E-state index in [-0.39, 0.29) is 29.9 Å². The summed E-state index contributed by atoms with van der Waals surface area (Å²) in [4.78, 5) is 21.6. The molecule has 1 aromatic carbocycles. The van der Waals surface area contributed by atoms with Crippen LogP contribution in [0.3, 0.4) is 0 Å². The number of hydrogen-bond donors (Lipinski definition) is 2. The Morgan fingerprint density at radius 3 is 2.39 bits per heavy atom. The Hall–Kier alpha value is -1.35. The highest BCUT2D eigenvalue weighted by atomic mass is 127. The number of halogens is 1. The summed E-state index contributed by atoms with van der Waals surface area (Å²) in [5.74, 6) is 1.64. The number of rotatable bonds is 7. The molecule has 1 aromatic rings. The monoisotopic (exact) mass is 541 g/mol. The van der Waals surface area contributed by atoms with Gasteiger partial charge in [-0.2, -0.15) is 0 Å². The van der Waals surface area contributed by atoms with Crippen molar-refractivity contribution in [1.29, 1.82) is 0 Å². The highest BCUT2D eigenvalue weighted by Gasteiger charge is 2.23. The number of likely N-dealkylation sites (tertiary alicyclic amines) is 2. The maximum atomic E-state index is 11.7. The molecule has 0 saturated carbocycles. The van der Waals surface area contributed by atoms with Crippen molar-refractivity contribution in [2.24, 2.45) is 10.9 Å². The van der Waals surface area contributed by atoms with Gasteiger partial charge in [-0.25, -0.2) is 4.99 Å². The molecule has 7 heteroatoms. The van der Waals surface area contributed by atoms with Crippen LogP contribution in [0.2, 0.25) is 0 Å². The number of carbonyl (C=O) groups is 1. The molecular weight excluding hydrogens is 501 g/mol. The minimum Gasteiger partial charge on any atom is -0.359 e. The van der Waals surface area contributed by atoms with Crippen molar-refractivity contribution < 1.29 is 4.79 Å². The standard InChI is InChI=1S/C24H39N5O.HI/c1-3-26-24(29-15-11-20(12-16-29)17-23(30)25-2)27-18-21-9-5-6-10-22(21)19-28-13-7-4-8-14-28;/h5-6,9-10,20H,3-4,7-8,11-19H2,1-2H3,(H,25,30)(H,26,27);1H. The van der Waals surface area contributed by atoms with Gasteiger partial charge in [0.25, 0.3) is 0 Å². The van der Waals surface area contributed by atoms with Crippen LogP contribution in [0.5, 0.6) is 0 Å². The van der Waals surface area contributed by atoms with Crippen molar-refractivity contribution in [2.75, 3.05) is 39.8 Å². The quantitative estimate of drug-likeness (QED) is 0.315. The van der Waals surface area contributed by atoms with Crippen LogP contribution in [0.15, 0.2) is 29.3 Å². The van der Waals surface area contributed by atoms with Gasteiger partial charge >= 0.3 is 0 Å². The zero-order chi connectivity index (χ0) is 21.2. The molecule has 0 radical (unpaired) electrons. The normalized spacial score (nSPS) is 18.4. The molecule has 174 valence electrons. The van der Waals surface area contributed by atoms with E-state index in [2.05, 4.69) is 51.6 Å². The van der Waals surface area contributed by atoms with Crippen molar-refractivity contribution in [3.63, 3.8) is 0 Å². The molecule has 31 heavy (non-hydrogen) atoms. The summed E-state index contributed by atoms with van der Waals surface area (Å²) in [6, 6.07) is 8.76. The Labute approximate surface area is 205 Å². The van der Waals surface area contributed by atoms with Gasteiger partial charge < -0.3 is 15.5 Å². The predicted octanol–water partition coefficient (Wildman–Crippen LogP) is 3.60. The van der Waals surface area contributed by atoms with E-state index in [0.717, 1.165) is 45.0 Å². The first kappa shape index (κ1) is 25.9. The first-order valence-corrected chi connectivity index (χ1v) is 11.7. The second-order valence-corrected chi connectivity index (χ2v) is 8.58. The molecule has 0 unspecified atom stereocenters. The van der Waals surface area contributed by atoms with Crippen LogP contribution in [-0.4, -0.2) is 61.4 Å². The van der Waals surface area contributed by atoms with Crippen LogP contribution < -0.4 is 10.6 Å². The molecule has 0 aromatic heterocycles. The van der Waals surface area contributed by atoms with Gasteiger partial charge in [0, 0.05) is 39.6 Å². The zero-order valence-corrected chi connectivity index (χ0v) is 21.6. The molecule has 2 N–H and O–H groups in total. The molecular formula is C24H40IN5O. The van der Waals surface area contributed by atoms with Gasteiger partial charge in [0.2, 0.25) is 5.91 Å². The van der Waals surface area contributed by atoms with Crippen LogP contribution >= 0.6 is 24.0 Å². The highest BCUT2D eigenvalue weighted by Crippen LogP contribution is 2.21. The predicted molar refractivity (Wildman–Crippen MR) is 139 cm³/mol. The summed E-state index contributed by atoms with van der Waals surface area (Å²) < 4.78 is 0. The molecule has 6 nitrogen and oxygen atoms in total. The lowest BCUT2D eigenvalue weighted by molar-refractivity contribution is -0.121. The molecule has 2 aliphatic rings. The summed E-state index contributed by atoms with van der Waals surface area (Å²) in [5, 5.41) is 6.22. The van der Waals surface area contributed by atoms with Gasteiger partial charge in [-0.05, 0) is 62.7 Å². The molecule has 2 aliphatic heterocycles. The topological polar surface area (TPSA) is 60.0 Å². The fraction of sp³-hybridized carbons (Fsp3) is 0.667. The van der Waals surface area contributed by atoms with Crippen molar-refractivity contribution in [2.45, 2.75) is 58.5 Å². The summed E-state index contributed by atoms with van der Waals surface area (Å²) in [6.07, 6.45) is 6.74. The third-order valence-corrected chi connectivity index (χ3v) is 6.36. The molecule has 3 rings (SSSR count). The van der Waals surface area contributed by atoms with Crippen LogP contribution in [0, 0.1) is 5.92 Å². The van der Waals surface area contributed by atoms with E-state index in [1.54, 1.807) is 7.05 Å². The number of nitrogens with zero attached hydrogens (tertiary/aromatic N) is 3. The molecule has 0 aliphatic carbocycles. The second-order valence-electron chi connectivity index (χ2n) is 8.58. The van der Waals surface area contributed by atoms with Crippen LogP contribution in [0.25, 0.3) is 0 Å². The molecule has 1 amide bonds. The van der Waals surface area contributed by atoms with Gasteiger partial charge in [-0.1, -0.05) is 30.7 Å². The van der Waals surface area contributed by atoms with E-state index in [4.69, 9.17) is 4.99 Å². The van der Waals surface area contributed by atoms with Crippen LogP contribution in [0.4, 0.5) is 0 Å². The smallest absolute Gasteiger partial charge is 0.220 e. The largest absolute Gasteiger partial charge is 0.359 e. The van der Waals surface area contributed by atoms with Crippen molar-refractivity contribution in [3.8, 4) is 0 Å². The SMILES string of the molecule is CCNC(=NCc1ccccc1CN1CCCCC1)N1CCC(CC(=O)NC)CC1.I. The minimum absolute atomic E-state index is 0. The fourth-order valence-corrected chi connectivity index (χ4v) is 4.52. The van der Waals surface area contributed by atoms with Crippen LogP contribution in [-0.2, 0) is 17.9 Å². The van der Waals surface area contributed by atoms with Gasteiger partial charge in [0.15, 0.2) is 5.96 Å². The van der Waals surface area contributed by atoms with Crippen molar-refractivity contribution in [3.05, 3.63) is 35.4 Å². The minimum atomic E-state index is 0. The summed E-state index contributed by atoms with van der Waals surface area (Å²) in [7, 11) is 1.72. The van der Waals surface area contributed by atoms with Gasteiger partial charge in [0.05, 0.1) is 6.54 Å². The first-order valence-electron chi connectivity index (χ1n) is 11.7. The Bertz CT molecular complexity index is 697. The van der Waals surface area contributed by atoms with E-state index in [1.807, 2.05) is 0 Å². The van der Waals surface area contributed by atoms with E-state index >= 15 is 0 Å². The summed E-state index contributed by atoms with van der Waals surface area (Å²) >= 11 is 0. The fourth-order valence-electron chi connectivity index (χ4n) is 4.52. The van der Waals surface area contributed by atoms with Gasteiger partial charge in [-0.3, -0.25) is 9.69 Å². The van der Waals surface area contributed by atoms with E-state index in [1.165, 1.54) is 43.5 Å². The van der Waals surface area contributed by atoms with E-state index in [0.29, 0.717) is 18.9 Å². The average molecular weight is 542 g/mol. The number of carbonyl (C=O) groups excluding carboxylic acids is 1. The van der Waals surface area contributed by atoms with Crippen molar-refractivity contribution >= 4 is 35.8 Å². The Balaban J connectivity index is 0.00000341. The molecule has 0 bridgehead atoms. The first-order chi connectivity index (χ1) is 14.7. The molecule has 0 atom stereocenters. The summed E-state index contributed by atoms with van der Waals surface area (Å²) in [6.45, 7) is 9.09. The van der Waals surface area contributed by atoms with E-state index < -0.39 is 0 Å². The Morgan fingerprint density at radius 1 is 1.06 bits per heavy atom. The number of aliphatic imine (C=N–C) groups is 1. The molecule has 0 spiro atoms. The molecule has 2 fully saturated rings. The highest BCUT2D eigenvalue weighted by molar-refractivity contribution is 14.0. The Kier molecular flexibility index (Phi) is 11.6. The van der Waals surface area contributed by atoms with Crippen molar-refractivity contribution in [1.82, 2.24) is 20.4 Å². The lowest BCUT2D eigenvalue weighted by Crippen LogP contribution is -2.46. The second kappa shape index (κ2) is 13.9. The number of guanidine groups is 1. The van der Waals surface area contributed by atoms with Crippen LogP contribution in [0.1, 0.15) is 56.6 Å². The number of amides is 1. The lowest BCUT2D eigenvalue weighted by atomic mass is 9.93. The van der Waals surface area contributed by atoms with Gasteiger partial charge in [0.1, 0.15) is 0 Å². The third-order valence-electron chi connectivity index (χ3n) is 6.36. The van der Waals surface area contributed by atoms with Gasteiger partial charge in [-0.15, -0.1) is 24.0 Å². The maximum Gasteiger partial charge on any atom is 0.220 e. The number of hydrogen-bond acceptors (Lipinski definition) is 3. The molecule has 2 saturated heterocycles. The number of piperidine rings is 2. The maximum absolute atomic E-state index is 11.7. The number of benzene rings is 1. The Morgan fingerprint density at radius 2 is 1.74 bits per heavy atom. The van der Waals surface area contributed by atoms with E-state index in [9.17, 15) is 4.79 Å². The third kappa shape index (κ3) is 8.25. The summed E-state index contributed by atoms with van der Waals surface area (Å²) in [5.41, 5.74) is 2.73. The molecule has 2 heterocycles. The lowest BCUT2D eigenvalue weighted by Gasteiger charge is -2.34.